The Morgan fingerprint density at radius 3 is 2.51 bits per heavy atom. The van der Waals surface area contributed by atoms with Crippen LogP contribution in [0.25, 0.3) is 11.3 Å². The van der Waals surface area contributed by atoms with Crippen molar-refractivity contribution in [2.75, 3.05) is 38.2 Å². The van der Waals surface area contributed by atoms with E-state index >= 15 is 0 Å². The molecule has 1 aromatic heterocycles. The first-order valence-electron chi connectivity index (χ1n) is 12.6. The molecule has 2 aromatic carbocycles. The number of hydrogen-bond acceptors (Lipinski definition) is 5. The number of aryl methyl sites for hydroxylation is 1. The van der Waals surface area contributed by atoms with Gasteiger partial charge in [-0.05, 0) is 56.5 Å². The molecule has 1 atom stereocenters. The Morgan fingerprint density at radius 1 is 1.00 bits per heavy atom. The van der Waals surface area contributed by atoms with Gasteiger partial charge >= 0.3 is 6.09 Å². The third-order valence-electron chi connectivity index (χ3n) is 7.63. The number of cyclic esters (lactones) is 1. The van der Waals surface area contributed by atoms with Gasteiger partial charge in [-0.15, -0.1) is 0 Å². The lowest BCUT2D eigenvalue weighted by molar-refractivity contribution is -0.0276. The number of fused-ring (bicyclic) bond motifs is 2. The first kappa shape index (κ1) is 22.3. The molecule has 1 amide bonds. The second-order valence-corrected chi connectivity index (χ2v) is 9.84. The Morgan fingerprint density at radius 2 is 1.77 bits per heavy atom. The highest BCUT2D eigenvalue weighted by atomic mass is 16.6. The van der Waals surface area contributed by atoms with Crippen LogP contribution in [0.2, 0.25) is 0 Å². The summed E-state index contributed by atoms with van der Waals surface area (Å²) in [4.78, 5) is 21.2. The fraction of sp³-hybridized carbons (Fsp3) is 0.429. The molecular formula is C28H32N4O3. The van der Waals surface area contributed by atoms with Crippen LogP contribution < -0.4 is 4.90 Å². The van der Waals surface area contributed by atoms with Crippen LogP contribution in [-0.4, -0.2) is 59.9 Å². The molecule has 0 saturated carbocycles. The number of piperidine rings is 1. The number of hydrogen-bond donors (Lipinski definition) is 0. The molecule has 3 aromatic rings. The van der Waals surface area contributed by atoms with Gasteiger partial charge < -0.3 is 18.9 Å². The highest BCUT2D eigenvalue weighted by Crippen LogP contribution is 2.37. The number of anilines is 1. The minimum absolute atomic E-state index is 0.173. The van der Waals surface area contributed by atoms with Crippen molar-refractivity contribution >= 4 is 11.8 Å². The first-order valence-corrected chi connectivity index (χ1v) is 12.6. The van der Waals surface area contributed by atoms with Crippen LogP contribution >= 0.6 is 0 Å². The SMILES string of the molecule is Cc1c(-c2ccc(N3CCOC3=O)cc2)nc2n1CCc1ccccc1C2OC1CCN(C)CC1. The fourth-order valence-electron chi connectivity index (χ4n) is 5.58. The van der Waals surface area contributed by atoms with E-state index in [2.05, 4.69) is 59.8 Å². The predicted octanol–water partition coefficient (Wildman–Crippen LogP) is 4.57. The predicted molar refractivity (Wildman–Crippen MR) is 135 cm³/mol. The van der Waals surface area contributed by atoms with E-state index in [1.54, 1.807) is 4.90 Å². The summed E-state index contributed by atoms with van der Waals surface area (Å²) in [6.07, 6.45) is 2.83. The second-order valence-electron chi connectivity index (χ2n) is 9.84. The summed E-state index contributed by atoms with van der Waals surface area (Å²) >= 11 is 0. The van der Waals surface area contributed by atoms with Gasteiger partial charge in [-0.1, -0.05) is 36.4 Å². The van der Waals surface area contributed by atoms with Crippen molar-refractivity contribution in [1.82, 2.24) is 14.5 Å². The van der Waals surface area contributed by atoms with E-state index in [1.807, 2.05) is 12.1 Å². The molecule has 182 valence electrons. The molecule has 0 radical (unpaired) electrons. The molecule has 3 aliphatic heterocycles. The van der Waals surface area contributed by atoms with Crippen molar-refractivity contribution in [2.24, 2.45) is 0 Å². The number of benzene rings is 2. The van der Waals surface area contributed by atoms with Crippen LogP contribution in [-0.2, 0) is 22.4 Å². The number of likely N-dealkylation sites (tertiary alicyclic amines) is 1. The molecule has 0 N–H and O–H groups in total. The Hall–Kier alpha value is -3.16. The highest BCUT2D eigenvalue weighted by molar-refractivity contribution is 5.89. The average Bonchev–Trinajstić information content (AvgIpc) is 3.41. The van der Waals surface area contributed by atoms with E-state index in [9.17, 15) is 4.79 Å². The number of carbonyl (C=O) groups excluding carboxylic acids is 1. The van der Waals surface area contributed by atoms with Crippen molar-refractivity contribution in [1.29, 1.82) is 0 Å². The molecule has 2 fully saturated rings. The monoisotopic (exact) mass is 472 g/mol. The number of nitrogens with zero attached hydrogens (tertiary/aromatic N) is 4. The van der Waals surface area contributed by atoms with E-state index in [1.165, 1.54) is 11.1 Å². The van der Waals surface area contributed by atoms with E-state index in [0.29, 0.717) is 13.2 Å². The van der Waals surface area contributed by atoms with E-state index < -0.39 is 0 Å². The molecule has 1 unspecified atom stereocenters. The highest BCUT2D eigenvalue weighted by Gasteiger charge is 2.32. The van der Waals surface area contributed by atoms with E-state index in [0.717, 1.165) is 67.4 Å². The Bertz CT molecular complexity index is 1230. The molecule has 7 heteroatoms. The van der Waals surface area contributed by atoms with Crippen LogP contribution in [0.15, 0.2) is 48.5 Å². The topological polar surface area (TPSA) is 59.8 Å². The minimum Gasteiger partial charge on any atom is -0.447 e. The lowest BCUT2D eigenvalue weighted by Crippen LogP contribution is -2.35. The number of ether oxygens (including phenoxy) is 2. The van der Waals surface area contributed by atoms with Gasteiger partial charge in [0.15, 0.2) is 0 Å². The van der Waals surface area contributed by atoms with Gasteiger partial charge in [-0.3, -0.25) is 4.90 Å². The Balaban J connectivity index is 1.35. The molecule has 4 heterocycles. The van der Waals surface area contributed by atoms with Gasteiger partial charge in [0.2, 0.25) is 0 Å². The van der Waals surface area contributed by atoms with Crippen LogP contribution in [0, 0.1) is 6.92 Å². The number of carbonyl (C=O) groups is 1. The molecule has 3 aliphatic rings. The zero-order valence-electron chi connectivity index (χ0n) is 20.4. The molecular weight excluding hydrogens is 440 g/mol. The van der Waals surface area contributed by atoms with Crippen molar-refractivity contribution in [3.63, 3.8) is 0 Å². The summed E-state index contributed by atoms with van der Waals surface area (Å²) in [6.45, 7) is 6.19. The minimum atomic E-state index is -0.282. The van der Waals surface area contributed by atoms with E-state index in [4.69, 9.17) is 14.5 Å². The standard InChI is InChI=1S/C28H32N4O3/c1-19-25(21-7-9-22(10-8-21)32-17-18-34-28(32)33)29-27-26(35-23-12-14-30(2)15-13-23)24-6-4-3-5-20(24)11-16-31(19)27/h3-10,23,26H,11-18H2,1-2H3. The summed E-state index contributed by atoms with van der Waals surface area (Å²) in [5.41, 5.74) is 6.62. The van der Waals surface area contributed by atoms with Crippen molar-refractivity contribution < 1.29 is 14.3 Å². The van der Waals surface area contributed by atoms with Crippen LogP contribution in [0.5, 0.6) is 0 Å². The molecule has 35 heavy (non-hydrogen) atoms. The maximum atomic E-state index is 11.9. The van der Waals surface area contributed by atoms with Gasteiger partial charge in [0.05, 0.1) is 18.3 Å². The van der Waals surface area contributed by atoms with Gasteiger partial charge in [-0.25, -0.2) is 9.78 Å². The fourth-order valence-corrected chi connectivity index (χ4v) is 5.58. The number of aromatic nitrogens is 2. The third kappa shape index (κ3) is 4.13. The van der Waals surface area contributed by atoms with Crippen molar-refractivity contribution in [3.8, 4) is 11.3 Å². The smallest absolute Gasteiger partial charge is 0.414 e. The van der Waals surface area contributed by atoms with Gasteiger partial charge in [0.25, 0.3) is 0 Å². The summed E-state index contributed by atoms with van der Waals surface area (Å²) < 4.78 is 14.3. The zero-order chi connectivity index (χ0) is 23.9. The number of imidazole rings is 1. The van der Waals surface area contributed by atoms with E-state index in [-0.39, 0.29) is 18.3 Å². The Labute approximate surface area is 206 Å². The largest absolute Gasteiger partial charge is 0.447 e. The van der Waals surface area contributed by atoms with Crippen LogP contribution in [0.3, 0.4) is 0 Å². The van der Waals surface area contributed by atoms with Gasteiger partial charge in [-0.2, -0.15) is 0 Å². The maximum absolute atomic E-state index is 11.9. The summed E-state index contributed by atoms with van der Waals surface area (Å²) in [6, 6.07) is 16.7. The van der Waals surface area contributed by atoms with Crippen molar-refractivity contribution in [2.45, 2.75) is 44.9 Å². The van der Waals surface area contributed by atoms with Crippen molar-refractivity contribution in [3.05, 3.63) is 71.2 Å². The van der Waals surface area contributed by atoms with Gasteiger partial charge in [0.1, 0.15) is 18.5 Å². The summed E-state index contributed by atoms with van der Waals surface area (Å²) in [5.74, 6) is 0.994. The Kier molecular flexibility index (Phi) is 5.82. The zero-order valence-corrected chi connectivity index (χ0v) is 20.4. The third-order valence-corrected chi connectivity index (χ3v) is 7.63. The normalized spacial score (nSPS) is 20.9. The van der Waals surface area contributed by atoms with Gasteiger partial charge in [0, 0.05) is 36.6 Å². The molecule has 2 saturated heterocycles. The maximum Gasteiger partial charge on any atom is 0.414 e. The average molecular weight is 473 g/mol. The molecule has 7 nitrogen and oxygen atoms in total. The summed E-state index contributed by atoms with van der Waals surface area (Å²) in [7, 11) is 2.18. The molecule has 6 rings (SSSR count). The summed E-state index contributed by atoms with van der Waals surface area (Å²) in [5, 5.41) is 0. The lowest BCUT2D eigenvalue weighted by atomic mass is 10.00. The molecule has 0 bridgehead atoms. The molecule has 0 aliphatic carbocycles. The first-order chi connectivity index (χ1) is 17.1. The van der Waals surface area contributed by atoms with Crippen LogP contribution in [0.1, 0.15) is 41.6 Å². The number of rotatable bonds is 4. The number of amides is 1. The quantitative estimate of drug-likeness (QED) is 0.557. The lowest BCUT2D eigenvalue weighted by Gasteiger charge is -2.32. The van der Waals surface area contributed by atoms with Crippen LogP contribution in [0.4, 0.5) is 10.5 Å². The second kappa shape index (κ2) is 9.13. The molecule has 0 spiro atoms.